The zero-order valence-electron chi connectivity index (χ0n) is 10.2. The number of nitro groups is 1. The van der Waals surface area contributed by atoms with Gasteiger partial charge in [0.05, 0.1) is 8.71 Å². The van der Waals surface area contributed by atoms with Gasteiger partial charge in [0.25, 0.3) is 5.69 Å². The third-order valence-electron chi connectivity index (χ3n) is 2.56. The molecule has 0 aliphatic rings. The first-order valence-corrected chi connectivity index (χ1v) is 7.27. The molecule has 100 valence electrons. The molecule has 0 unspecified atom stereocenters. The third-order valence-corrected chi connectivity index (χ3v) is 4.24. The molecule has 7 heteroatoms. The van der Waals surface area contributed by atoms with Crippen LogP contribution in [0.3, 0.4) is 0 Å². The van der Waals surface area contributed by atoms with Crippen LogP contribution in [0, 0.1) is 17.0 Å². The number of anilines is 1. The minimum Gasteiger partial charge on any atom is -0.370 e. The van der Waals surface area contributed by atoms with Crippen LogP contribution in [0.5, 0.6) is 0 Å². The van der Waals surface area contributed by atoms with E-state index in [2.05, 4.69) is 32.3 Å². The number of nitrogens with zero attached hydrogens (tertiary/aromatic N) is 2. The smallest absolute Gasteiger partial charge is 0.290 e. The van der Waals surface area contributed by atoms with Crippen LogP contribution in [-0.2, 0) is 6.42 Å². The summed E-state index contributed by atoms with van der Waals surface area (Å²) in [5.74, 6) is 0.665. The van der Waals surface area contributed by atoms with Gasteiger partial charge in [-0.15, -0.1) is 11.3 Å². The third kappa shape index (κ3) is 3.74. The van der Waals surface area contributed by atoms with E-state index in [-0.39, 0.29) is 5.69 Å². The lowest BCUT2D eigenvalue weighted by Gasteiger charge is -2.05. The van der Waals surface area contributed by atoms with E-state index in [9.17, 15) is 10.1 Å². The summed E-state index contributed by atoms with van der Waals surface area (Å²) in [6.45, 7) is 2.39. The molecule has 0 fully saturated rings. The molecular formula is C12H12BrN3O2S. The fraction of sp³-hybridized carbons (Fsp3) is 0.250. The molecule has 5 nitrogen and oxygen atoms in total. The molecule has 0 aliphatic carbocycles. The summed E-state index contributed by atoms with van der Waals surface area (Å²) in [5, 5.41) is 13.8. The van der Waals surface area contributed by atoms with E-state index in [1.807, 2.05) is 6.07 Å². The largest absolute Gasteiger partial charge is 0.370 e. The van der Waals surface area contributed by atoms with Crippen LogP contribution >= 0.6 is 27.3 Å². The number of hydrogen-bond acceptors (Lipinski definition) is 5. The van der Waals surface area contributed by atoms with Crippen molar-refractivity contribution in [3.63, 3.8) is 0 Å². The quantitative estimate of drug-likeness (QED) is 0.663. The summed E-state index contributed by atoms with van der Waals surface area (Å²) >= 11 is 5.12. The lowest BCUT2D eigenvalue weighted by Crippen LogP contribution is -2.06. The minimum atomic E-state index is -0.421. The number of pyridine rings is 1. The van der Waals surface area contributed by atoms with E-state index < -0.39 is 4.92 Å². The number of hydrogen-bond donors (Lipinski definition) is 1. The number of rotatable bonds is 5. The standard InChI is InChI=1S/C12H12BrN3O2S/c1-8-10(16(17)18)3-5-12(15-8)14-7-6-9-2-4-11(13)19-9/h2-5H,6-7H2,1H3,(H,14,15). The molecule has 0 aromatic carbocycles. The van der Waals surface area contributed by atoms with Crippen LogP contribution in [0.4, 0.5) is 11.5 Å². The number of aryl methyl sites for hydroxylation is 1. The number of aromatic nitrogens is 1. The first-order chi connectivity index (χ1) is 9.06. The van der Waals surface area contributed by atoms with Gasteiger partial charge in [-0.1, -0.05) is 0 Å². The summed E-state index contributed by atoms with van der Waals surface area (Å²) in [4.78, 5) is 15.7. The Morgan fingerprint density at radius 3 is 2.79 bits per heavy atom. The van der Waals surface area contributed by atoms with Crippen LogP contribution in [0.1, 0.15) is 10.6 Å². The SMILES string of the molecule is Cc1nc(NCCc2ccc(Br)s2)ccc1[N+](=O)[O-]. The highest BCUT2D eigenvalue weighted by molar-refractivity contribution is 9.11. The van der Waals surface area contributed by atoms with Gasteiger partial charge in [0.2, 0.25) is 0 Å². The topological polar surface area (TPSA) is 68.1 Å². The maximum absolute atomic E-state index is 10.7. The van der Waals surface area contributed by atoms with Crippen LogP contribution < -0.4 is 5.32 Å². The zero-order chi connectivity index (χ0) is 13.8. The van der Waals surface area contributed by atoms with Crippen LogP contribution in [-0.4, -0.2) is 16.5 Å². The van der Waals surface area contributed by atoms with Crippen molar-refractivity contribution in [1.82, 2.24) is 4.98 Å². The molecule has 0 bridgehead atoms. The van der Waals surface area contributed by atoms with Crippen molar-refractivity contribution in [2.75, 3.05) is 11.9 Å². The van der Waals surface area contributed by atoms with Crippen molar-refractivity contribution >= 4 is 38.8 Å². The Hall–Kier alpha value is -1.47. The van der Waals surface area contributed by atoms with Crippen molar-refractivity contribution in [3.8, 4) is 0 Å². The lowest BCUT2D eigenvalue weighted by molar-refractivity contribution is -0.385. The molecule has 0 atom stereocenters. The van der Waals surface area contributed by atoms with Crippen LogP contribution in [0.2, 0.25) is 0 Å². The maximum Gasteiger partial charge on any atom is 0.290 e. The Morgan fingerprint density at radius 2 is 2.21 bits per heavy atom. The van der Waals surface area contributed by atoms with Gasteiger partial charge >= 0.3 is 0 Å². The Morgan fingerprint density at radius 1 is 1.42 bits per heavy atom. The minimum absolute atomic E-state index is 0.0488. The molecule has 0 saturated heterocycles. The van der Waals surface area contributed by atoms with Gasteiger partial charge in [0.1, 0.15) is 11.5 Å². The highest BCUT2D eigenvalue weighted by atomic mass is 79.9. The van der Waals surface area contributed by atoms with Gasteiger partial charge in [-0.3, -0.25) is 10.1 Å². The van der Waals surface area contributed by atoms with Gasteiger partial charge in [-0.2, -0.15) is 0 Å². The Labute approximate surface area is 123 Å². The van der Waals surface area contributed by atoms with Crippen LogP contribution in [0.15, 0.2) is 28.1 Å². The predicted molar refractivity (Wildman–Crippen MR) is 79.8 cm³/mol. The molecule has 0 spiro atoms. The van der Waals surface area contributed by atoms with E-state index in [1.54, 1.807) is 24.3 Å². The Kier molecular flexibility index (Phi) is 4.49. The molecule has 1 N–H and O–H groups in total. The fourth-order valence-electron chi connectivity index (χ4n) is 1.64. The lowest BCUT2D eigenvalue weighted by atomic mass is 10.3. The molecule has 2 aromatic rings. The summed E-state index contributed by atoms with van der Waals surface area (Å²) in [7, 11) is 0. The summed E-state index contributed by atoms with van der Waals surface area (Å²) in [5.41, 5.74) is 0.474. The zero-order valence-corrected chi connectivity index (χ0v) is 12.6. The molecule has 0 saturated carbocycles. The monoisotopic (exact) mass is 341 g/mol. The summed E-state index contributed by atoms with van der Waals surface area (Å²) in [6, 6.07) is 7.21. The van der Waals surface area contributed by atoms with Crippen molar-refractivity contribution in [1.29, 1.82) is 0 Å². The van der Waals surface area contributed by atoms with Crippen molar-refractivity contribution in [2.45, 2.75) is 13.3 Å². The Balaban J connectivity index is 1.93. The summed E-state index contributed by atoms with van der Waals surface area (Å²) in [6.07, 6.45) is 0.897. The normalized spacial score (nSPS) is 10.4. The van der Waals surface area contributed by atoms with Gasteiger partial charge < -0.3 is 5.32 Å². The molecular weight excluding hydrogens is 330 g/mol. The molecule has 0 amide bonds. The van der Waals surface area contributed by atoms with Crippen LogP contribution in [0.25, 0.3) is 0 Å². The highest BCUT2D eigenvalue weighted by Gasteiger charge is 2.11. The van der Waals surface area contributed by atoms with Gasteiger partial charge in [-0.05, 0) is 47.5 Å². The molecule has 2 aromatic heterocycles. The average Bonchev–Trinajstić information content (AvgIpc) is 2.75. The van der Waals surface area contributed by atoms with E-state index >= 15 is 0 Å². The van der Waals surface area contributed by atoms with Crippen molar-refractivity contribution in [3.05, 3.63) is 48.7 Å². The second-order valence-electron chi connectivity index (χ2n) is 3.94. The van der Waals surface area contributed by atoms with Crippen molar-refractivity contribution < 1.29 is 4.92 Å². The molecule has 19 heavy (non-hydrogen) atoms. The molecule has 0 radical (unpaired) electrons. The first kappa shape index (κ1) is 14.0. The van der Waals surface area contributed by atoms with E-state index in [1.165, 1.54) is 10.9 Å². The number of thiophene rings is 1. The fourth-order valence-corrected chi connectivity index (χ4v) is 3.13. The van der Waals surface area contributed by atoms with Gasteiger partial charge in [0, 0.05) is 17.5 Å². The number of halogens is 1. The Bertz CT molecular complexity index is 600. The predicted octanol–water partition coefficient (Wildman–Crippen LogP) is 3.78. The second kappa shape index (κ2) is 6.12. The van der Waals surface area contributed by atoms with E-state index in [0.717, 1.165) is 16.8 Å². The number of nitrogens with one attached hydrogen (secondary N) is 1. The van der Waals surface area contributed by atoms with E-state index in [0.29, 0.717) is 11.5 Å². The first-order valence-electron chi connectivity index (χ1n) is 5.66. The summed E-state index contributed by atoms with van der Waals surface area (Å²) < 4.78 is 1.12. The average molecular weight is 342 g/mol. The van der Waals surface area contributed by atoms with E-state index in [4.69, 9.17) is 0 Å². The highest BCUT2D eigenvalue weighted by Crippen LogP contribution is 2.22. The maximum atomic E-state index is 10.7. The molecule has 0 aliphatic heterocycles. The second-order valence-corrected chi connectivity index (χ2v) is 6.49. The van der Waals surface area contributed by atoms with Crippen molar-refractivity contribution in [2.24, 2.45) is 0 Å². The molecule has 2 rings (SSSR count). The van der Waals surface area contributed by atoms with Gasteiger partial charge in [0.15, 0.2) is 0 Å². The molecule has 2 heterocycles. The van der Waals surface area contributed by atoms with Gasteiger partial charge in [-0.25, -0.2) is 4.98 Å².